The average molecular weight is 333 g/mol. The number of carbonyl (C=O) groups excluding carboxylic acids is 2. The van der Waals surface area contributed by atoms with E-state index in [9.17, 15) is 9.59 Å². The number of hydrogen-bond donors (Lipinski definition) is 2. The van der Waals surface area contributed by atoms with Gasteiger partial charge in [0.2, 0.25) is 5.91 Å². The van der Waals surface area contributed by atoms with Crippen molar-refractivity contribution in [2.75, 3.05) is 5.73 Å². The Kier molecular flexibility index (Phi) is 4.20. The van der Waals surface area contributed by atoms with Crippen LogP contribution < -0.4 is 11.5 Å². The monoisotopic (exact) mass is 332 g/mol. The second-order valence-corrected chi connectivity index (χ2v) is 5.27. The maximum atomic E-state index is 12.4. The molecule has 102 valence electrons. The molecule has 0 radical (unpaired) electrons. The second kappa shape index (κ2) is 5.88. The highest BCUT2D eigenvalue weighted by molar-refractivity contribution is 9.10. The third kappa shape index (κ3) is 3.05. The summed E-state index contributed by atoms with van der Waals surface area (Å²) in [4.78, 5) is 23.4. The first-order valence-corrected chi connectivity index (χ1v) is 6.74. The van der Waals surface area contributed by atoms with E-state index in [0.717, 1.165) is 4.47 Å². The molecule has 5 heteroatoms. The molecule has 0 atom stereocenters. The van der Waals surface area contributed by atoms with E-state index in [2.05, 4.69) is 15.9 Å². The van der Waals surface area contributed by atoms with Crippen LogP contribution in [0.3, 0.4) is 0 Å². The molecule has 0 bridgehead atoms. The van der Waals surface area contributed by atoms with Crippen LogP contribution >= 0.6 is 15.9 Å². The summed E-state index contributed by atoms with van der Waals surface area (Å²) in [5.74, 6) is -0.661. The largest absolute Gasteiger partial charge is 0.398 e. The maximum absolute atomic E-state index is 12.4. The first-order chi connectivity index (χ1) is 9.49. The Labute approximate surface area is 124 Å². The lowest BCUT2D eigenvalue weighted by Gasteiger charge is -2.09. The zero-order valence-electron chi connectivity index (χ0n) is 10.6. The van der Waals surface area contributed by atoms with Gasteiger partial charge in [0.05, 0.1) is 6.42 Å². The number of ketones is 1. The van der Waals surface area contributed by atoms with Gasteiger partial charge >= 0.3 is 0 Å². The number of nitrogen functional groups attached to an aromatic ring is 1. The van der Waals surface area contributed by atoms with Crippen LogP contribution in [0.2, 0.25) is 0 Å². The highest BCUT2D eigenvalue weighted by Gasteiger charge is 2.15. The van der Waals surface area contributed by atoms with Gasteiger partial charge in [-0.2, -0.15) is 0 Å². The minimum atomic E-state index is -0.482. The van der Waals surface area contributed by atoms with Crippen molar-refractivity contribution in [1.82, 2.24) is 0 Å². The molecule has 0 spiro atoms. The number of primary amides is 1. The Morgan fingerprint density at radius 1 is 1.05 bits per heavy atom. The van der Waals surface area contributed by atoms with E-state index in [0.29, 0.717) is 22.4 Å². The van der Waals surface area contributed by atoms with E-state index in [1.807, 2.05) is 0 Å². The lowest BCUT2D eigenvalue weighted by molar-refractivity contribution is -0.117. The van der Waals surface area contributed by atoms with Crippen LogP contribution in [0.25, 0.3) is 0 Å². The van der Waals surface area contributed by atoms with E-state index < -0.39 is 5.91 Å². The normalized spacial score (nSPS) is 10.2. The molecule has 0 aromatic heterocycles. The molecule has 0 unspecified atom stereocenters. The summed E-state index contributed by atoms with van der Waals surface area (Å²) in [6.45, 7) is 0. The summed E-state index contributed by atoms with van der Waals surface area (Å²) in [7, 11) is 0. The smallest absolute Gasteiger partial charge is 0.221 e. The summed E-state index contributed by atoms with van der Waals surface area (Å²) < 4.78 is 0.893. The number of halogens is 1. The number of nitrogens with two attached hydrogens (primary N) is 2. The SMILES string of the molecule is NC(=O)Cc1cccc(C(=O)c2ccc(Br)cc2)c1N. The Morgan fingerprint density at radius 2 is 1.70 bits per heavy atom. The zero-order chi connectivity index (χ0) is 14.7. The van der Waals surface area contributed by atoms with E-state index in [1.54, 1.807) is 42.5 Å². The molecule has 4 N–H and O–H groups in total. The molecule has 2 rings (SSSR count). The van der Waals surface area contributed by atoms with Crippen LogP contribution in [-0.2, 0) is 11.2 Å². The van der Waals surface area contributed by atoms with Crippen molar-refractivity contribution in [3.8, 4) is 0 Å². The minimum absolute atomic E-state index is 0.0211. The van der Waals surface area contributed by atoms with E-state index in [4.69, 9.17) is 11.5 Å². The molecule has 0 aliphatic rings. The Morgan fingerprint density at radius 3 is 2.30 bits per heavy atom. The first-order valence-electron chi connectivity index (χ1n) is 5.95. The molecule has 0 saturated carbocycles. The van der Waals surface area contributed by atoms with Crippen LogP contribution in [0.1, 0.15) is 21.5 Å². The third-order valence-corrected chi connectivity index (χ3v) is 3.44. The van der Waals surface area contributed by atoms with E-state index >= 15 is 0 Å². The number of rotatable bonds is 4. The van der Waals surface area contributed by atoms with Gasteiger partial charge in [0.1, 0.15) is 0 Å². The Hall–Kier alpha value is -2.14. The van der Waals surface area contributed by atoms with Crippen LogP contribution in [0.4, 0.5) is 5.69 Å². The lowest BCUT2D eigenvalue weighted by atomic mass is 9.98. The fourth-order valence-corrected chi connectivity index (χ4v) is 2.17. The van der Waals surface area contributed by atoms with Gasteiger partial charge in [-0.05, 0) is 35.9 Å². The molecule has 0 saturated heterocycles. The van der Waals surface area contributed by atoms with Crippen molar-refractivity contribution in [3.05, 3.63) is 63.6 Å². The van der Waals surface area contributed by atoms with Crippen LogP contribution in [0.15, 0.2) is 46.9 Å². The molecule has 0 fully saturated rings. The van der Waals surface area contributed by atoms with Crippen LogP contribution in [-0.4, -0.2) is 11.7 Å². The quantitative estimate of drug-likeness (QED) is 0.665. The highest BCUT2D eigenvalue weighted by Crippen LogP contribution is 2.22. The zero-order valence-corrected chi connectivity index (χ0v) is 12.2. The van der Waals surface area contributed by atoms with Crippen LogP contribution in [0, 0.1) is 0 Å². The second-order valence-electron chi connectivity index (χ2n) is 4.36. The highest BCUT2D eigenvalue weighted by atomic mass is 79.9. The standard InChI is InChI=1S/C15H13BrN2O2/c16-11-6-4-9(5-7-11)15(20)12-3-1-2-10(14(12)18)8-13(17)19/h1-7H,8,18H2,(H2,17,19). The van der Waals surface area contributed by atoms with Crippen molar-refractivity contribution >= 4 is 33.3 Å². The molecule has 2 aromatic carbocycles. The lowest BCUT2D eigenvalue weighted by Crippen LogP contribution is -2.16. The Balaban J connectivity index is 2.39. The molecular weight excluding hydrogens is 320 g/mol. The third-order valence-electron chi connectivity index (χ3n) is 2.91. The topological polar surface area (TPSA) is 86.2 Å². The number of benzene rings is 2. The summed E-state index contributed by atoms with van der Waals surface area (Å²) in [6.07, 6.45) is 0.0211. The minimum Gasteiger partial charge on any atom is -0.398 e. The van der Waals surface area contributed by atoms with Gasteiger partial charge in [-0.15, -0.1) is 0 Å². The molecule has 2 aromatic rings. The fourth-order valence-electron chi connectivity index (χ4n) is 1.91. The number of anilines is 1. The number of para-hydroxylation sites is 1. The molecule has 4 nitrogen and oxygen atoms in total. The molecule has 20 heavy (non-hydrogen) atoms. The molecule has 0 aliphatic heterocycles. The summed E-state index contributed by atoms with van der Waals surface area (Å²) in [6, 6.07) is 12.0. The van der Waals surface area contributed by atoms with Crippen molar-refractivity contribution in [3.63, 3.8) is 0 Å². The summed E-state index contributed by atoms with van der Waals surface area (Å²) in [5, 5.41) is 0. The fraction of sp³-hybridized carbons (Fsp3) is 0.0667. The van der Waals surface area contributed by atoms with Gasteiger partial charge in [-0.3, -0.25) is 9.59 Å². The molecule has 1 amide bonds. The van der Waals surface area contributed by atoms with Gasteiger partial charge in [-0.1, -0.05) is 28.1 Å². The van der Waals surface area contributed by atoms with Gasteiger partial charge in [0.25, 0.3) is 0 Å². The van der Waals surface area contributed by atoms with Crippen molar-refractivity contribution < 1.29 is 9.59 Å². The number of carbonyl (C=O) groups is 2. The van der Waals surface area contributed by atoms with Crippen molar-refractivity contribution in [2.45, 2.75) is 6.42 Å². The first kappa shape index (κ1) is 14.3. The molecule has 0 aliphatic carbocycles. The van der Waals surface area contributed by atoms with E-state index in [1.165, 1.54) is 0 Å². The summed E-state index contributed by atoms with van der Waals surface area (Å²) in [5.41, 5.74) is 12.9. The van der Waals surface area contributed by atoms with E-state index in [-0.39, 0.29) is 12.2 Å². The van der Waals surface area contributed by atoms with Crippen LogP contribution in [0.5, 0.6) is 0 Å². The predicted molar refractivity (Wildman–Crippen MR) is 81.3 cm³/mol. The maximum Gasteiger partial charge on any atom is 0.221 e. The number of amides is 1. The van der Waals surface area contributed by atoms with Gasteiger partial charge < -0.3 is 11.5 Å². The van der Waals surface area contributed by atoms with Crippen molar-refractivity contribution in [1.29, 1.82) is 0 Å². The molecular formula is C15H13BrN2O2. The average Bonchev–Trinajstić information content (AvgIpc) is 2.41. The summed E-state index contributed by atoms with van der Waals surface area (Å²) >= 11 is 3.32. The molecule has 0 heterocycles. The Bertz CT molecular complexity index is 666. The van der Waals surface area contributed by atoms with Crippen molar-refractivity contribution in [2.24, 2.45) is 5.73 Å². The van der Waals surface area contributed by atoms with Gasteiger partial charge in [-0.25, -0.2) is 0 Å². The predicted octanol–water partition coefficient (Wildman–Crippen LogP) is 2.29. The van der Waals surface area contributed by atoms with Gasteiger partial charge in [0, 0.05) is 21.3 Å². The number of hydrogen-bond acceptors (Lipinski definition) is 3. The van der Waals surface area contributed by atoms with Gasteiger partial charge in [0.15, 0.2) is 5.78 Å².